The molecule has 1 spiro atoms. The maximum atomic E-state index is 7.00. The standard InChI is InChI=1S/C54H43N3O/c1-52(2,3)44-29-16-23-35-36-30-31-39(46(53(4,5)6)48(36)58-47(35)44)51-56-49(32-18-8-7-9-19-32)55-50(57-51)38-24-17-28-43-45(38)37-22-12-15-27-42(37)54(43)40-25-13-10-20-33(40)34-21-11-14-26-41(34)54/h7-31H,1-6H3. The van der Waals surface area contributed by atoms with Crippen LogP contribution in [0, 0.1) is 0 Å². The summed E-state index contributed by atoms with van der Waals surface area (Å²) in [6.07, 6.45) is 0. The minimum atomic E-state index is -0.467. The van der Waals surface area contributed by atoms with Crippen LogP contribution in [0.3, 0.4) is 0 Å². The molecule has 0 atom stereocenters. The average molecular weight is 750 g/mol. The lowest BCUT2D eigenvalue weighted by atomic mass is 9.70. The lowest BCUT2D eigenvalue weighted by molar-refractivity contribution is 0.557. The van der Waals surface area contributed by atoms with Gasteiger partial charge in [-0.2, -0.15) is 0 Å². The molecule has 0 saturated carbocycles. The summed E-state index contributed by atoms with van der Waals surface area (Å²) in [5.74, 6) is 1.91. The Bertz CT molecular complexity index is 3090. The second kappa shape index (κ2) is 12.2. The van der Waals surface area contributed by atoms with Crippen molar-refractivity contribution in [2.24, 2.45) is 0 Å². The van der Waals surface area contributed by atoms with Crippen LogP contribution in [-0.2, 0) is 16.2 Å². The zero-order valence-corrected chi connectivity index (χ0v) is 33.7. The lowest BCUT2D eigenvalue weighted by Crippen LogP contribution is -2.25. The van der Waals surface area contributed by atoms with Gasteiger partial charge in [0.05, 0.1) is 5.41 Å². The van der Waals surface area contributed by atoms with Crippen molar-refractivity contribution < 1.29 is 4.42 Å². The van der Waals surface area contributed by atoms with Crippen molar-refractivity contribution in [2.75, 3.05) is 0 Å². The van der Waals surface area contributed by atoms with E-state index in [1.807, 2.05) is 18.2 Å². The molecule has 0 fully saturated rings. The third-order valence-electron chi connectivity index (χ3n) is 12.4. The summed E-state index contributed by atoms with van der Waals surface area (Å²) < 4.78 is 7.00. The molecular formula is C54H43N3O. The van der Waals surface area contributed by atoms with Gasteiger partial charge in [0, 0.05) is 38.6 Å². The fraction of sp³-hybridized carbons (Fsp3) is 0.167. The molecule has 0 radical (unpaired) electrons. The van der Waals surface area contributed by atoms with Crippen LogP contribution in [0.1, 0.15) is 74.9 Å². The van der Waals surface area contributed by atoms with Crippen LogP contribution >= 0.6 is 0 Å². The van der Waals surface area contributed by atoms with E-state index in [1.54, 1.807) is 0 Å². The van der Waals surface area contributed by atoms with Crippen molar-refractivity contribution in [2.45, 2.75) is 57.8 Å². The Balaban J connectivity index is 1.21. The summed E-state index contributed by atoms with van der Waals surface area (Å²) in [4.78, 5) is 16.1. The minimum Gasteiger partial charge on any atom is -0.455 e. The van der Waals surface area contributed by atoms with Gasteiger partial charge in [-0.05, 0) is 67.5 Å². The molecule has 9 aromatic rings. The monoisotopic (exact) mass is 749 g/mol. The Morgan fingerprint density at radius 3 is 1.57 bits per heavy atom. The molecule has 11 rings (SSSR count). The fourth-order valence-electron chi connectivity index (χ4n) is 10.0. The molecule has 2 heterocycles. The van der Waals surface area contributed by atoms with Crippen LogP contribution in [0.4, 0.5) is 0 Å². The third kappa shape index (κ3) is 4.78. The van der Waals surface area contributed by atoms with Crippen LogP contribution in [-0.4, -0.2) is 15.0 Å². The second-order valence-electron chi connectivity index (χ2n) is 17.9. The Morgan fingerprint density at radius 2 is 0.914 bits per heavy atom. The first kappa shape index (κ1) is 34.6. The first-order valence-electron chi connectivity index (χ1n) is 20.3. The Hall–Kier alpha value is -6.65. The summed E-state index contributed by atoms with van der Waals surface area (Å²) in [6.45, 7) is 13.5. The number of hydrogen-bond donors (Lipinski definition) is 0. The van der Waals surface area contributed by atoms with Gasteiger partial charge >= 0.3 is 0 Å². The van der Waals surface area contributed by atoms with Gasteiger partial charge in [-0.1, -0.05) is 181 Å². The third-order valence-corrected chi connectivity index (χ3v) is 12.4. The van der Waals surface area contributed by atoms with Crippen LogP contribution < -0.4 is 0 Å². The van der Waals surface area contributed by atoms with Gasteiger partial charge in [-0.3, -0.25) is 0 Å². The summed E-state index contributed by atoms with van der Waals surface area (Å²) >= 11 is 0. The molecule has 0 amide bonds. The molecule has 4 heteroatoms. The molecule has 7 aromatic carbocycles. The molecule has 58 heavy (non-hydrogen) atoms. The van der Waals surface area contributed by atoms with E-state index in [1.165, 1.54) is 50.1 Å². The van der Waals surface area contributed by atoms with Gasteiger partial charge in [-0.15, -0.1) is 0 Å². The van der Waals surface area contributed by atoms with E-state index in [2.05, 4.69) is 175 Å². The van der Waals surface area contributed by atoms with Crippen LogP contribution in [0.15, 0.2) is 156 Å². The quantitative estimate of drug-likeness (QED) is 0.180. The SMILES string of the molecule is CC(C)(C)c1cccc2c1oc1c(C(C)(C)C)c(-c3nc(-c4ccccc4)nc(-c4cccc5c4-c4ccccc4C54c5ccccc5-c5ccccc54)n3)ccc12. The van der Waals surface area contributed by atoms with Crippen LogP contribution in [0.5, 0.6) is 0 Å². The minimum absolute atomic E-state index is 0.0817. The number of furan rings is 1. The number of rotatable bonds is 3. The van der Waals surface area contributed by atoms with Crippen molar-refractivity contribution in [1.29, 1.82) is 0 Å². The molecule has 2 aliphatic carbocycles. The van der Waals surface area contributed by atoms with E-state index >= 15 is 0 Å². The molecule has 0 aliphatic heterocycles. The van der Waals surface area contributed by atoms with E-state index in [4.69, 9.17) is 19.4 Å². The first-order valence-corrected chi connectivity index (χ1v) is 20.3. The Labute approximate surface area is 339 Å². The molecule has 4 nitrogen and oxygen atoms in total. The molecule has 2 aliphatic rings. The van der Waals surface area contributed by atoms with Crippen LogP contribution in [0.2, 0.25) is 0 Å². The number of aromatic nitrogens is 3. The highest BCUT2D eigenvalue weighted by atomic mass is 16.3. The van der Waals surface area contributed by atoms with E-state index in [-0.39, 0.29) is 10.8 Å². The normalized spacial score (nSPS) is 13.8. The molecule has 280 valence electrons. The Kier molecular flexibility index (Phi) is 7.26. The van der Waals surface area contributed by atoms with Gasteiger partial charge in [0.15, 0.2) is 17.5 Å². The van der Waals surface area contributed by atoms with E-state index in [9.17, 15) is 0 Å². The highest BCUT2D eigenvalue weighted by molar-refractivity contribution is 6.09. The largest absolute Gasteiger partial charge is 0.455 e. The van der Waals surface area contributed by atoms with Crippen molar-refractivity contribution in [3.8, 4) is 56.4 Å². The molecule has 0 bridgehead atoms. The van der Waals surface area contributed by atoms with Crippen molar-refractivity contribution in [1.82, 2.24) is 15.0 Å². The predicted octanol–water partition coefficient (Wildman–Crippen LogP) is 13.7. The number of benzene rings is 7. The number of hydrogen-bond acceptors (Lipinski definition) is 4. The second-order valence-corrected chi connectivity index (χ2v) is 17.9. The number of nitrogens with zero attached hydrogens (tertiary/aromatic N) is 3. The van der Waals surface area contributed by atoms with Gasteiger partial charge in [0.25, 0.3) is 0 Å². The van der Waals surface area contributed by atoms with Gasteiger partial charge in [-0.25, -0.2) is 15.0 Å². The van der Waals surface area contributed by atoms with Crippen molar-refractivity contribution in [3.05, 3.63) is 185 Å². The number of para-hydroxylation sites is 1. The zero-order valence-electron chi connectivity index (χ0n) is 33.7. The average Bonchev–Trinajstić information content (AvgIpc) is 3.87. The Morgan fingerprint density at radius 1 is 0.397 bits per heavy atom. The zero-order chi connectivity index (χ0) is 39.6. The van der Waals surface area contributed by atoms with Gasteiger partial charge in [0.2, 0.25) is 0 Å². The lowest BCUT2D eigenvalue weighted by Gasteiger charge is -2.30. The maximum Gasteiger partial charge on any atom is 0.164 e. The van der Waals surface area contributed by atoms with Crippen LogP contribution in [0.25, 0.3) is 78.4 Å². The number of fused-ring (bicyclic) bond motifs is 13. The maximum absolute atomic E-state index is 7.00. The topological polar surface area (TPSA) is 51.8 Å². The van der Waals surface area contributed by atoms with E-state index in [0.717, 1.165) is 44.2 Å². The highest BCUT2D eigenvalue weighted by Gasteiger charge is 2.52. The van der Waals surface area contributed by atoms with E-state index in [0.29, 0.717) is 17.5 Å². The summed E-state index contributed by atoms with van der Waals surface area (Å²) in [6, 6.07) is 54.6. The molecule has 0 N–H and O–H groups in total. The molecular weight excluding hydrogens is 707 g/mol. The van der Waals surface area contributed by atoms with E-state index < -0.39 is 5.41 Å². The first-order chi connectivity index (χ1) is 28.0. The predicted molar refractivity (Wildman–Crippen MR) is 237 cm³/mol. The molecule has 0 unspecified atom stereocenters. The molecule has 0 saturated heterocycles. The smallest absolute Gasteiger partial charge is 0.164 e. The van der Waals surface area contributed by atoms with Gasteiger partial charge in [0.1, 0.15) is 11.2 Å². The van der Waals surface area contributed by atoms with Gasteiger partial charge < -0.3 is 4.42 Å². The molecule has 2 aromatic heterocycles. The highest BCUT2D eigenvalue weighted by Crippen LogP contribution is 2.63. The summed E-state index contributed by atoms with van der Waals surface area (Å²) in [5, 5.41) is 2.23. The summed E-state index contributed by atoms with van der Waals surface area (Å²) in [5.41, 5.74) is 16.2. The van der Waals surface area contributed by atoms with Crippen molar-refractivity contribution >= 4 is 21.9 Å². The fourth-order valence-corrected chi connectivity index (χ4v) is 10.0. The van der Waals surface area contributed by atoms with Crippen molar-refractivity contribution in [3.63, 3.8) is 0 Å². The summed E-state index contributed by atoms with van der Waals surface area (Å²) in [7, 11) is 0.